The van der Waals surface area contributed by atoms with Crippen molar-refractivity contribution in [2.24, 2.45) is 5.92 Å². The Kier molecular flexibility index (Phi) is 5.98. The van der Waals surface area contributed by atoms with Crippen LogP contribution in [0.15, 0.2) is 36.5 Å². The van der Waals surface area contributed by atoms with Crippen LogP contribution in [0.1, 0.15) is 46.8 Å². The molecule has 3 fully saturated rings. The highest BCUT2D eigenvalue weighted by Gasteiger charge is 2.39. The summed E-state index contributed by atoms with van der Waals surface area (Å²) >= 11 is 0. The van der Waals surface area contributed by atoms with Gasteiger partial charge in [0.15, 0.2) is 0 Å². The molecule has 10 nitrogen and oxygen atoms in total. The Labute approximate surface area is 225 Å². The predicted molar refractivity (Wildman–Crippen MR) is 142 cm³/mol. The Morgan fingerprint density at radius 1 is 1.10 bits per heavy atom. The van der Waals surface area contributed by atoms with Crippen LogP contribution in [0.3, 0.4) is 0 Å². The Hall–Kier alpha value is -3.60. The van der Waals surface area contributed by atoms with Crippen LogP contribution in [0.5, 0.6) is 0 Å². The van der Waals surface area contributed by atoms with Gasteiger partial charge in [-0.05, 0) is 60.7 Å². The summed E-state index contributed by atoms with van der Waals surface area (Å²) in [6.07, 6.45) is 3.67. The second kappa shape index (κ2) is 9.55. The van der Waals surface area contributed by atoms with Gasteiger partial charge < -0.3 is 19.3 Å². The molecule has 0 spiro atoms. The minimum Gasteiger partial charge on any atom is -0.396 e. The maximum Gasteiger partial charge on any atom is 0.255 e. The van der Waals surface area contributed by atoms with Gasteiger partial charge >= 0.3 is 0 Å². The molecule has 0 aliphatic carbocycles. The third kappa shape index (κ3) is 4.23. The van der Waals surface area contributed by atoms with E-state index < -0.39 is 11.9 Å². The Balaban J connectivity index is 1.23. The summed E-state index contributed by atoms with van der Waals surface area (Å²) < 4.78 is 7.66. The van der Waals surface area contributed by atoms with E-state index in [1.807, 2.05) is 18.2 Å². The number of fused-ring (bicyclic) bond motifs is 2. The number of hydrogen-bond acceptors (Lipinski definition) is 7. The van der Waals surface area contributed by atoms with Gasteiger partial charge in [-0.15, -0.1) is 0 Å². The minimum atomic E-state index is -0.636. The molecule has 2 unspecified atom stereocenters. The number of hydrogen-bond donors (Lipinski definition) is 2. The maximum atomic E-state index is 13.2. The zero-order valence-electron chi connectivity index (χ0n) is 21.6. The number of aliphatic hydroxyl groups is 1. The van der Waals surface area contributed by atoms with Crippen molar-refractivity contribution in [3.8, 4) is 11.3 Å². The van der Waals surface area contributed by atoms with Gasteiger partial charge in [-0.3, -0.25) is 24.6 Å². The molecule has 3 amide bonds. The quantitative estimate of drug-likeness (QED) is 0.468. The smallest absolute Gasteiger partial charge is 0.255 e. The SMILES string of the molecule is O=C1CCC(N2Cc3cc(-c4cc(CN5CCC(CO)C5)c5ccn(C6COC6)c5n4)ccc3C2=O)C(=O)N1. The number of aromatic nitrogens is 2. The second-order valence-electron chi connectivity index (χ2n) is 11.2. The molecule has 39 heavy (non-hydrogen) atoms. The summed E-state index contributed by atoms with van der Waals surface area (Å²) in [4.78, 5) is 46.3. The average Bonchev–Trinajstić information content (AvgIpc) is 3.61. The molecule has 202 valence electrons. The van der Waals surface area contributed by atoms with Crippen LogP contribution >= 0.6 is 0 Å². The molecule has 2 N–H and O–H groups in total. The Morgan fingerprint density at radius 3 is 2.72 bits per heavy atom. The molecule has 6 heterocycles. The van der Waals surface area contributed by atoms with Gasteiger partial charge in [0.2, 0.25) is 11.8 Å². The fourth-order valence-electron chi connectivity index (χ4n) is 6.33. The van der Waals surface area contributed by atoms with Gasteiger partial charge in [-0.25, -0.2) is 4.98 Å². The van der Waals surface area contributed by atoms with Crippen LogP contribution in [-0.2, 0) is 27.4 Å². The number of carbonyl (C=O) groups is 3. The van der Waals surface area contributed by atoms with E-state index in [0.29, 0.717) is 37.7 Å². The van der Waals surface area contributed by atoms with Crippen LogP contribution in [0.25, 0.3) is 22.3 Å². The highest BCUT2D eigenvalue weighted by molar-refractivity contribution is 6.05. The number of likely N-dealkylation sites (tertiary alicyclic amines) is 1. The first-order valence-electron chi connectivity index (χ1n) is 13.7. The molecule has 0 saturated carbocycles. The normalized spacial score (nSPS) is 23.9. The summed E-state index contributed by atoms with van der Waals surface area (Å²) in [5, 5.41) is 13.1. The van der Waals surface area contributed by atoms with E-state index in [1.165, 1.54) is 5.56 Å². The molecule has 3 aromatic rings. The molecule has 4 aliphatic heterocycles. The monoisotopic (exact) mass is 529 g/mol. The van der Waals surface area contributed by atoms with Gasteiger partial charge in [-0.2, -0.15) is 0 Å². The summed E-state index contributed by atoms with van der Waals surface area (Å²) in [7, 11) is 0. The largest absolute Gasteiger partial charge is 0.396 e. The maximum absolute atomic E-state index is 13.2. The van der Waals surface area contributed by atoms with E-state index in [0.717, 1.165) is 53.9 Å². The molecule has 0 radical (unpaired) electrons. The molecular formula is C29H31N5O5. The fourth-order valence-corrected chi connectivity index (χ4v) is 6.33. The highest BCUT2D eigenvalue weighted by atomic mass is 16.5. The number of piperidine rings is 1. The first-order valence-corrected chi connectivity index (χ1v) is 13.7. The van der Waals surface area contributed by atoms with Gasteiger partial charge in [0.25, 0.3) is 5.91 Å². The summed E-state index contributed by atoms with van der Waals surface area (Å²) in [6.45, 7) is 4.51. The second-order valence-corrected chi connectivity index (χ2v) is 11.2. The summed E-state index contributed by atoms with van der Waals surface area (Å²) in [5.41, 5.74) is 5.32. The van der Waals surface area contributed by atoms with Crippen molar-refractivity contribution in [3.05, 3.63) is 53.2 Å². The number of nitrogens with one attached hydrogen (secondary N) is 1. The molecule has 0 bridgehead atoms. The zero-order chi connectivity index (χ0) is 26.7. The molecule has 7 rings (SSSR count). The van der Waals surface area contributed by atoms with E-state index in [2.05, 4.69) is 33.1 Å². The lowest BCUT2D eigenvalue weighted by atomic mass is 10.0. The van der Waals surface area contributed by atoms with E-state index >= 15 is 0 Å². The number of ether oxygens (including phenoxy) is 1. The molecule has 3 saturated heterocycles. The fraction of sp³-hybridized carbons (Fsp3) is 0.448. The summed E-state index contributed by atoms with van der Waals surface area (Å²) in [5.74, 6) is -0.559. The van der Waals surface area contributed by atoms with Crippen LogP contribution in [0.2, 0.25) is 0 Å². The number of amides is 3. The van der Waals surface area contributed by atoms with Crippen LogP contribution in [0, 0.1) is 5.92 Å². The van der Waals surface area contributed by atoms with Crippen molar-refractivity contribution in [1.82, 2.24) is 24.7 Å². The van der Waals surface area contributed by atoms with Gasteiger partial charge in [0.05, 0.1) is 24.9 Å². The lowest BCUT2D eigenvalue weighted by molar-refractivity contribution is -0.136. The van der Waals surface area contributed by atoms with Crippen molar-refractivity contribution in [3.63, 3.8) is 0 Å². The van der Waals surface area contributed by atoms with Gasteiger partial charge in [-0.1, -0.05) is 6.07 Å². The summed E-state index contributed by atoms with van der Waals surface area (Å²) in [6, 6.07) is 9.68. The molecular weight excluding hydrogens is 498 g/mol. The highest BCUT2D eigenvalue weighted by Crippen LogP contribution is 2.34. The number of benzene rings is 1. The standard InChI is InChI=1S/C29H31N5O5/c35-14-17-5-7-32(11-17)12-20-10-24(30-27-22(20)6-8-33(27)21-15-39-16-21)18-1-2-23-19(9-18)13-34(29(23)38)25-3-4-26(36)31-28(25)37/h1-2,6,8-10,17,21,25,35H,3-5,7,11-16H2,(H,31,36,37). The van der Waals surface area contributed by atoms with Crippen molar-refractivity contribution in [2.75, 3.05) is 32.9 Å². The molecule has 1 aromatic carbocycles. The lowest BCUT2D eigenvalue weighted by Crippen LogP contribution is -2.52. The van der Waals surface area contributed by atoms with Crippen LogP contribution in [0.4, 0.5) is 0 Å². The van der Waals surface area contributed by atoms with Gasteiger partial charge in [0.1, 0.15) is 11.7 Å². The van der Waals surface area contributed by atoms with Crippen molar-refractivity contribution in [1.29, 1.82) is 0 Å². The number of aliphatic hydroxyl groups excluding tert-OH is 1. The molecule has 2 atom stereocenters. The number of nitrogens with zero attached hydrogens (tertiary/aromatic N) is 4. The van der Waals surface area contributed by atoms with Crippen molar-refractivity contribution < 1.29 is 24.2 Å². The lowest BCUT2D eigenvalue weighted by Gasteiger charge is -2.29. The van der Waals surface area contributed by atoms with Gasteiger partial charge in [0, 0.05) is 55.4 Å². The molecule has 4 aliphatic rings. The average molecular weight is 530 g/mol. The van der Waals surface area contributed by atoms with Crippen LogP contribution in [-0.4, -0.2) is 81.1 Å². The third-order valence-corrected chi connectivity index (χ3v) is 8.63. The molecule has 2 aromatic heterocycles. The number of carbonyl (C=O) groups excluding carboxylic acids is 3. The zero-order valence-corrected chi connectivity index (χ0v) is 21.6. The van der Waals surface area contributed by atoms with E-state index in [-0.39, 0.29) is 30.9 Å². The molecule has 10 heteroatoms. The Bertz CT molecular complexity index is 1490. The number of pyridine rings is 1. The predicted octanol–water partition coefficient (Wildman–Crippen LogP) is 1.85. The van der Waals surface area contributed by atoms with Crippen LogP contribution < -0.4 is 5.32 Å². The van der Waals surface area contributed by atoms with E-state index in [1.54, 1.807) is 4.90 Å². The van der Waals surface area contributed by atoms with Crippen molar-refractivity contribution >= 4 is 28.8 Å². The minimum absolute atomic E-state index is 0.179. The van der Waals surface area contributed by atoms with Crippen molar-refractivity contribution in [2.45, 2.75) is 44.4 Å². The van der Waals surface area contributed by atoms with E-state index in [4.69, 9.17) is 9.72 Å². The van der Waals surface area contributed by atoms with E-state index in [9.17, 15) is 19.5 Å². The first kappa shape index (κ1) is 24.4. The third-order valence-electron chi connectivity index (χ3n) is 8.63. The Morgan fingerprint density at radius 2 is 1.97 bits per heavy atom. The first-order chi connectivity index (χ1) is 19.0. The topological polar surface area (TPSA) is 117 Å². The number of rotatable bonds is 6. The number of imide groups is 1.